The zero-order chi connectivity index (χ0) is 18.8. The third kappa shape index (κ3) is 4.36. The minimum atomic E-state index is 0.0583. The number of rotatable bonds is 7. The number of hydrogen-bond acceptors (Lipinski definition) is 5. The van der Waals surface area contributed by atoms with Crippen molar-refractivity contribution in [1.29, 1.82) is 0 Å². The molecule has 0 spiro atoms. The minimum Gasteiger partial charge on any atom is -0.341 e. The van der Waals surface area contributed by atoms with E-state index in [0.717, 1.165) is 34.3 Å². The fourth-order valence-corrected chi connectivity index (χ4v) is 4.71. The molecule has 1 aliphatic rings. The summed E-state index contributed by atoms with van der Waals surface area (Å²) in [5.41, 5.74) is 1.02. The number of benzene rings is 1. The molecule has 5 nitrogen and oxygen atoms in total. The predicted octanol–water partition coefficient (Wildman–Crippen LogP) is 4.75. The van der Waals surface area contributed by atoms with Gasteiger partial charge in [0.05, 0.1) is 10.6 Å². The van der Waals surface area contributed by atoms with Gasteiger partial charge in [-0.3, -0.25) is 9.36 Å². The largest absolute Gasteiger partial charge is 0.341 e. The summed E-state index contributed by atoms with van der Waals surface area (Å²) in [7, 11) is 1.81. The Balaban J connectivity index is 1.42. The van der Waals surface area contributed by atoms with Crippen LogP contribution in [0.2, 0.25) is 5.02 Å². The van der Waals surface area contributed by atoms with Crippen LogP contribution in [-0.2, 0) is 11.3 Å². The Morgan fingerprint density at radius 1 is 1.33 bits per heavy atom. The maximum atomic E-state index is 12.6. The van der Waals surface area contributed by atoms with E-state index in [9.17, 15) is 4.79 Å². The van der Waals surface area contributed by atoms with Gasteiger partial charge in [-0.05, 0) is 42.0 Å². The maximum Gasteiger partial charge on any atom is 0.233 e. The van der Waals surface area contributed by atoms with E-state index < -0.39 is 0 Å². The summed E-state index contributed by atoms with van der Waals surface area (Å²) < 4.78 is 2.20. The zero-order valence-electron chi connectivity index (χ0n) is 14.8. The van der Waals surface area contributed by atoms with E-state index in [4.69, 9.17) is 11.6 Å². The molecule has 27 heavy (non-hydrogen) atoms. The first-order valence-electron chi connectivity index (χ1n) is 8.72. The van der Waals surface area contributed by atoms with Crippen LogP contribution in [-0.4, -0.2) is 38.4 Å². The standard InChI is InChI=1S/C19H19ClN4OS2/c1-23(11-13-4-2-5-14(20)10-13)17(25)12-27-19-22-21-18(16-6-3-9-26-16)24(19)15-7-8-15/h2-6,9-10,15H,7-8,11-12H2,1H3. The molecule has 0 aliphatic heterocycles. The lowest BCUT2D eigenvalue weighted by Crippen LogP contribution is -2.27. The molecule has 0 unspecified atom stereocenters. The Morgan fingerprint density at radius 2 is 2.19 bits per heavy atom. The molecule has 1 aliphatic carbocycles. The monoisotopic (exact) mass is 418 g/mol. The summed E-state index contributed by atoms with van der Waals surface area (Å²) in [4.78, 5) is 15.4. The molecule has 1 fully saturated rings. The molecular weight excluding hydrogens is 400 g/mol. The Morgan fingerprint density at radius 3 is 2.89 bits per heavy atom. The number of thiophene rings is 1. The van der Waals surface area contributed by atoms with Gasteiger partial charge >= 0.3 is 0 Å². The lowest BCUT2D eigenvalue weighted by Gasteiger charge is -2.17. The summed E-state index contributed by atoms with van der Waals surface area (Å²) in [6.07, 6.45) is 2.29. The van der Waals surface area contributed by atoms with Crippen LogP contribution in [0.1, 0.15) is 24.4 Å². The molecule has 4 rings (SSSR count). The van der Waals surface area contributed by atoms with Gasteiger partial charge in [0, 0.05) is 24.7 Å². The summed E-state index contributed by atoms with van der Waals surface area (Å²) in [5.74, 6) is 1.31. The highest BCUT2D eigenvalue weighted by Gasteiger charge is 2.30. The molecule has 0 bridgehead atoms. The van der Waals surface area contributed by atoms with E-state index in [0.29, 0.717) is 23.4 Å². The minimum absolute atomic E-state index is 0.0583. The highest BCUT2D eigenvalue weighted by atomic mass is 35.5. The number of thioether (sulfide) groups is 1. The van der Waals surface area contributed by atoms with Crippen molar-refractivity contribution in [2.75, 3.05) is 12.8 Å². The Kier molecular flexibility index (Phi) is 5.52. The molecule has 1 amide bonds. The summed E-state index contributed by atoms with van der Waals surface area (Å²) in [6, 6.07) is 12.1. The molecular formula is C19H19ClN4OS2. The first kappa shape index (κ1) is 18.5. The Hall–Kier alpha value is -1.83. The molecule has 0 radical (unpaired) electrons. The van der Waals surface area contributed by atoms with Gasteiger partial charge in [-0.25, -0.2) is 0 Å². The van der Waals surface area contributed by atoms with Gasteiger partial charge in [-0.2, -0.15) is 0 Å². The van der Waals surface area contributed by atoms with Gasteiger partial charge in [-0.15, -0.1) is 21.5 Å². The van der Waals surface area contributed by atoms with Crippen molar-refractivity contribution in [1.82, 2.24) is 19.7 Å². The molecule has 140 valence electrons. The van der Waals surface area contributed by atoms with E-state index in [2.05, 4.69) is 20.8 Å². The van der Waals surface area contributed by atoms with Gasteiger partial charge < -0.3 is 4.90 Å². The van der Waals surface area contributed by atoms with Crippen LogP contribution in [0.3, 0.4) is 0 Å². The number of aromatic nitrogens is 3. The summed E-state index contributed by atoms with van der Waals surface area (Å²) in [6.45, 7) is 0.537. The van der Waals surface area contributed by atoms with Crippen molar-refractivity contribution in [3.05, 3.63) is 52.4 Å². The van der Waals surface area contributed by atoms with Crippen molar-refractivity contribution in [2.24, 2.45) is 0 Å². The summed E-state index contributed by atoms with van der Waals surface area (Å²) in [5, 5.41) is 12.3. The number of carbonyl (C=O) groups is 1. The molecule has 0 saturated heterocycles. The van der Waals surface area contributed by atoms with Crippen molar-refractivity contribution < 1.29 is 4.79 Å². The van der Waals surface area contributed by atoms with Crippen LogP contribution in [0.5, 0.6) is 0 Å². The lowest BCUT2D eigenvalue weighted by atomic mass is 10.2. The SMILES string of the molecule is CN(Cc1cccc(Cl)c1)C(=O)CSc1nnc(-c2cccs2)n1C1CC1. The van der Waals surface area contributed by atoms with Crippen LogP contribution < -0.4 is 0 Å². The third-order valence-electron chi connectivity index (χ3n) is 4.38. The van der Waals surface area contributed by atoms with E-state index >= 15 is 0 Å². The number of carbonyl (C=O) groups excluding carboxylic acids is 1. The van der Waals surface area contributed by atoms with Crippen molar-refractivity contribution in [3.8, 4) is 10.7 Å². The van der Waals surface area contributed by atoms with E-state index in [1.165, 1.54) is 11.8 Å². The van der Waals surface area contributed by atoms with Gasteiger partial charge in [0.15, 0.2) is 11.0 Å². The van der Waals surface area contributed by atoms with Crippen molar-refractivity contribution in [2.45, 2.75) is 30.6 Å². The number of hydrogen-bond donors (Lipinski definition) is 0. The summed E-state index contributed by atoms with van der Waals surface area (Å²) >= 11 is 9.14. The van der Waals surface area contributed by atoms with Crippen LogP contribution in [0, 0.1) is 0 Å². The predicted molar refractivity (Wildman–Crippen MR) is 110 cm³/mol. The van der Waals surface area contributed by atoms with Gasteiger partial charge in [0.1, 0.15) is 0 Å². The zero-order valence-corrected chi connectivity index (χ0v) is 17.2. The molecule has 1 aromatic carbocycles. The Bertz CT molecular complexity index is 937. The average Bonchev–Trinajstić information content (AvgIpc) is 3.17. The van der Waals surface area contributed by atoms with E-state index in [-0.39, 0.29) is 5.91 Å². The fraction of sp³-hybridized carbons (Fsp3) is 0.316. The number of halogens is 1. The molecule has 2 aromatic heterocycles. The van der Waals surface area contributed by atoms with Crippen LogP contribution in [0.4, 0.5) is 0 Å². The van der Waals surface area contributed by atoms with Crippen molar-refractivity contribution in [3.63, 3.8) is 0 Å². The van der Waals surface area contributed by atoms with Crippen molar-refractivity contribution >= 4 is 40.6 Å². The number of nitrogens with zero attached hydrogens (tertiary/aromatic N) is 4. The smallest absolute Gasteiger partial charge is 0.233 e. The fourth-order valence-electron chi connectivity index (χ4n) is 2.84. The van der Waals surface area contributed by atoms with Crippen LogP contribution >= 0.6 is 34.7 Å². The normalized spacial score (nSPS) is 13.7. The highest BCUT2D eigenvalue weighted by Crippen LogP contribution is 2.41. The van der Waals surface area contributed by atoms with Crippen LogP contribution in [0.15, 0.2) is 46.9 Å². The molecule has 3 aromatic rings. The van der Waals surface area contributed by atoms with Gasteiger partial charge in [0.2, 0.25) is 5.91 Å². The second kappa shape index (κ2) is 8.04. The first-order chi connectivity index (χ1) is 13.1. The molecule has 8 heteroatoms. The van der Waals surface area contributed by atoms with Gasteiger partial charge in [0.25, 0.3) is 0 Å². The lowest BCUT2D eigenvalue weighted by molar-refractivity contribution is -0.127. The molecule has 0 atom stereocenters. The average molecular weight is 419 g/mol. The van der Waals surface area contributed by atoms with E-state index in [1.54, 1.807) is 16.2 Å². The van der Waals surface area contributed by atoms with Crippen LogP contribution in [0.25, 0.3) is 10.7 Å². The molecule has 2 heterocycles. The topological polar surface area (TPSA) is 51.0 Å². The third-order valence-corrected chi connectivity index (χ3v) is 6.41. The second-order valence-electron chi connectivity index (χ2n) is 6.55. The highest BCUT2D eigenvalue weighted by molar-refractivity contribution is 7.99. The van der Waals surface area contributed by atoms with Gasteiger partial charge in [-0.1, -0.05) is 41.6 Å². The Labute approximate surface area is 171 Å². The maximum absolute atomic E-state index is 12.6. The number of amides is 1. The second-order valence-corrected chi connectivity index (χ2v) is 8.88. The quantitative estimate of drug-likeness (QED) is 0.520. The van der Waals surface area contributed by atoms with E-state index in [1.807, 2.05) is 42.8 Å². The molecule has 1 saturated carbocycles. The first-order valence-corrected chi connectivity index (χ1v) is 11.0. The molecule has 0 N–H and O–H groups in total.